The summed E-state index contributed by atoms with van der Waals surface area (Å²) in [5, 5.41) is 8.67. The molecule has 4 aromatic rings. The maximum absolute atomic E-state index is 14.0. The molecule has 3 atom stereocenters. The predicted molar refractivity (Wildman–Crippen MR) is 184 cm³/mol. The van der Waals surface area contributed by atoms with E-state index in [-0.39, 0.29) is 37.2 Å². The Kier molecular flexibility index (Phi) is 11.2. The van der Waals surface area contributed by atoms with Gasteiger partial charge in [-0.25, -0.2) is 9.97 Å². The summed E-state index contributed by atoms with van der Waals surface area (Å²) in [6.45, 7) is 4.07. The number of rotatable bonds is 7. The maximum atomic E-state index is 14.0. The molecule has 3 heterocycles. The van der Waals surface area contributed by atoms with Crippen molar-refractivity contribution in [1.29, 1.82) is 0 Å². The van der Waals surface area contributed by atoms with Crippen LogP contribution >= 0.6 is 0 Å². The average molecular weight is 664 g/mol. The lowest BCUT2D eigenvalue weighted by atomic mass is 9.99. The summed E-state index contributed by atoms with van der Waals surface area (Å²) in [6.07, 6.45) is 3.76. The average Bonchev–Trinajstić information content (AvgIpc) is 3.08. The highest BCUT2D eigenvalue weighted by molar-refractivity contribution is 5.99. The van der Waals surface area contributed by atoms with E-state index in [1.807, 2.05) is 56.3 Å². The first-order valence-electron chi connectivity index (χ1n) is 16.2. The molecule has 5 N–H and O–H groups in total. The van der Waals surface area contributed by atoms with Gasteiger partial charge in [0.15, 0.2) is 0 Å². The van der Waals surface area contributed by atoms with Gasteiger partial charge in [0.05, 0.1) is 0 Å². The number of fused-ring (bicyclic) bond motifs is 11. The van der Waals surface area contributed by atoms with Crippen LogP contribution in [0.3, 0.4) is 0 Å². The lowest BCUT2D eigenvalue weighted by Gasteiger charge is -2.28. The zero-order valence-electron chi connectivity index (χ0n) is 27.8. The third-order valence-corrected chi connectivity index (χ3v) is 8.08. The van der Waals surface area contributed by atoms with Gasteiger partial charge in [-0.1, -0.05) is 62.4 Å². The normalized spacial score (nSPS) is 18.4. The number of ether oxygens (including phenoxy) is 1. The Hall–Kier alpha value is -5.78. The molecule has 12 nitrogen and oxygen atoms in total. The molecule has 4 amide bonds. The molecule has 49 heavy (non-hydrogen) atoms. The van der Waals surface area contributed by atoms with Crippen LogP contribution in [0.4, 0.5) is 5.95 Å². The molecule has 4 bridgehead atoms. The van der Waals surface area contributed by atoms with E-state index in [9.17, 15) is 19.2 Å². The van der Waals surface area contributed by atoms with Crippen LogP contribution in [-0.2, 0) is 33.8 Å². The molecule has 1 aromatic heterocycles. The summed E-state index contributed by atoms with van der Waals surface area (Å²) < 4.78 is 6.04. The molecule has 2 aliphatic rings. The third kappa shape index (κ3) is 9.63. The Labute approximate surface area is 285 Å². The first kappa shape index (κ1) is 34.6. The highest BCUT2D eigenvalue weighted by atomic mass is 16.5. The van der Waals surface area contributed by atoms with Crippen LogP contribution in [0.1, 0.15) is 47.3 Å². The summed E-state index contributed by atoms with van der Waals surface area (Å²) in [5.74, 6) is -0.743. The van der Waals surface area contributed by atoms with Crippen LogP contribution in [0.15, 0.2) is 91.3 Å². The van der Waals surface area contributed by atoms with E-state index in [0.29, 0.717) is 29.0 Å². The highest BCUT2D eigenvalue weighted by Crippen LogP contribution is 2.24. The first-order chi connectivity index (χ1) is 23.5. The van der Waals surface area contributed by atoms with Crippen LogP contribution < -0.4 is 26.4 Å². The summed E-state index contributed by atoms with van der Waals surface area (Å²) in [6, 6.07) is 20.2. The molecule has 2 aliphatic heterocycles. The quantitative estimate of drug-likeness (QED) is 0.218. The minimum Gasteiger partial charge on any atom is -0.457 e. The molecule has 0 spiro atoms. The number of anilines is 1. The molecule has 0 radical (unpaired) electrons. The van der Waals surface area contributed by atoms with Gasteiger partial charge in [0.1, 0.15) is 29.6 Å². The van der Waals surface area contributed by atoms with E-state index < -0.39 is 35.8 Å². The van der Waals surface area contributed by atoms with Crippen molar-refractivity contribution in [3.05, 3.63) is 114 Å². The van der Waals surface area contributed by atoms with Crippen molar-refractivity contribution in [1.82, 2.24) is 30.8 Å². The van der Waals surface area contributed by atoms with Crippen molar-refractivity contribution >= 4 is 29.6 Å². The molecule has 0 aliphatic carbocycles. The van der Waals surface area contributed by atoms with Crippen LogP contribution in [-0.4, -0.2) is 63.7 Å². The van der Waals surface area contributed by atoms with Crippen molar-refractivity contribution in [2.45, 2.75) is 57.8 Å². The number of amides is 4. The Morgan fingerprint density at radius 3 is 2.24 bits per heavy atom. The molecule has 0 saturated heterocycles. The van der Waals surface area contributed by atoms with Gasteiger partial charge >= 0.3 is 0 Å². The van der Waals surface area contributed by atoms with Gasteiger partial charge in [-0.05, 0) is 53.8 Å². The number of hydrogen-bond acceptors (Lipinski definition) is 8. The van der Waals surface area contributed by atoms with E-state index in [4.69, 9.17) is 10.5 Å². The fourth-order valence-corrected chi connectivity index (χ4v) is 5.58. The number of nitrogens with two attached hydrogens (primary N) is 1. The number of benzene rings is 3. The minimum atomic E-state index is -1.00. The second-order valence-electron chi connectivity index (χ2n) is 12.6. The molecular weight excluding hydrogens is 622 g/mol. The van der Waals surface area contributed by atoms with Crippen LogP contribution in [0.2, 0.25) is 0 Å². The van der Waals surface area contributed by atoms with Gasteiger partial charge in [-0.2, -0.15) is 0 Å². The second kappa shape index (κ2) is 15.9. The molecule has 0 fully saturated rings. The molecule has 0 saturated carbocycles. The number of nitrogens with zero attached hydrogens (tertiary/aromatic N) is 3. The molecule has 0 unspecified atom stereocenters. The van der Waals surface area contributed by atoms with Gasteiger partial charge in [0.2, 0.25) is 23.7 Å². The number of nitrogen functional groups attached to an aromatic ring is 1. The number of carbonyl (C=O) groups excluding carboxylic acids is 4. The van der Waals surface area contributed by atoms with Gasteiger partial charge in [-0.15, -0.1) is 0 Å². The number of hydrogen-bond donors (Lipinski definition) is 4. The monoisotopic (exact) mass is 663 g/mol. The molecule has 3 aromatic carbocycles. The third-order valence-electron chi connectivity index (χ3n) is 8.08. The summed E-state index contributed by atoms with van der Waals surface area (Å²) in [4.78, 5) is 64.8. The largest absolute Gasteiger partial charge is 0.457 e. The number of nitrogens with one attached hydrogen (secondary N) is 3. The van der Waals surface area contributed by atoms with E-state index in [2.05, 4.69) is 25.9 Å². The number of carbonyl (C=O) groups is 4. The highest BCUT2D eigenvalue weighted by Gasteiger charge is 2.32. The summed E-state index contributed by atoms with van der Waals surface area (Å²) in [5.41, 5.74) is 8.21. The van der Waals surface area contributed by atoms with Crippen molar-refractivity contribution in [2.24, 2.45) is 5.92 Å². The van der Waals surface area contributed by atoms with Crippen LogP contribution in [0, 0.1) is 5.92 Å². The lowest BCUT2D eigenvalue weighted by Crippen LogP contribution is -2.57. The zero-order valence-corrected chi connectivity index (χ0v) is 27.8. The number of aromatic nitrogens is 2. The standard InChI is InChI=1S/C37H41N7O5/c1-23(2)16-30-34(46)43-32(36(48)44(3)22-26-20-39-37(38)40-21-26)18-25-12-14-28(15-13-25)49-29-11-7-10-27(19-29)33(45)41-31(35(47)42-30)17-24-8-5-4-6-9-24/h4-15,19-21,23,30-32H,16-18,22H2,1-3H3,(H,41,45)(H,42,47)(H,43,46)(H2,38,39,40)/t30-,31+,32-/m0/s1. The van der Waals surface area contributed by atoms with Gasteiger partial charge in [-0.3, -0.25) is 19.2 Å². The zero-order chi connectivity index (χ0) is 34.9. The van der Waals surface area contributed by atoms with Gasteiger partial charge in [0, 0.05) is 50.0 Å². The summed E-state index contributed by atoms with van der Waals surface area (Å²) in [7, 11) is 1.63. The lowest BCUT2D eigenvalue weighted by molar-refractivity contribution is -0.137. The molecule has 6 rings (SSSR count). The van der Waals surface area contributed by atoms with Crippen molar-refractivity contribution < 1.29 is 23.9 Å². The Morgan fingerprint density at radius 1 is 0.857 bits per heavy atom. The fraction of sp³-hybridized carbons (Fsp3) is 0.297. The Morgan fingerprint density at radius 2 is 1.55 bits per heavy atom. The van der Waals surface area contributed by atoms with Gasteiger partial charge in [0.25, 0.3) is 5.91 Å². The maximum Gasteiger partial charge on any atom is 0.252 e. The van der Waals surface area contributed by atoms with Crippen LogP contribution in [0.5, 0.6) is 11.5 Å². The van der Waals surface area contributed by atoms with E-state index >= 15 is 0 Å². The molecule has 254 valence electrons. The topological polar surface area (TPSA) is 169 Å². The van der Waals surface area contributed by atoms with Crippen molar-refractivity contribution in [3.63, 3.8) is 0 Å². The smallest absolute Gasteiger partial charge is 0.252 e. The minimum absolute atomic E-state index is 0.0219. The van der Waals surface area contributed by atoms with Gasteiger partial charge < -0.3 is 31.3 Å². The van der Waals surface area contributed by atoms with E-state index in [1.54, 1.807) is 55.8 Å². The summed E-state index contributed by atoms with van der Waals surface area (Å²) >= 11 is 0. The number of likely N-dealkylation sites (N-methyl/N-ethyl adjacent to an activating group) is 1. The Balaban J connectivity index is 1.49. The first-order valence-corrected chi connectivity index (χ1v) is 16.2. The molecule has 12 heteroatoms. The fourth-order valence-electron chi connectivity index (χ4n) is 5.58. The SMILES string of the molecule is CC(C)C[C@@H]1NC(=O)[C@@H](Cc2ccccc2)NC(=O)c2cccc(c2)Oc2ccc(cc2)C[C@@H](C(=O)N(C)Cc2cnc(N)nc2)NC1=O. The molecular formula is C37H41N7O5. The van der Waals surface area contributed by atoms with Crippen molar-refractivity contribution in [2.75, 3.05) is 12.8 Å². The Bertz CT molecular complexity index is 1760. The second-order valence-corrected chi connectivity index (χ2v) is 12.6. The van der Waals surface area contributed by atoms with E-state index in [0.717, 1.165) is 11.1 Å². The predicted octanol–water partition coefficient (Wildman–Crippen LogP) is 3.42. The van der Waals surface area contributed by atoms with Crippen LogP contribution in [0.25, 0.3) is 0 Å². The van der Waals surface area contributed by atoms with E-state index in [1.165, 1.54) is 4.90 Å². The van der Waals surface area contributed by atoms with Crippen molar-refractivity contribution in [3.8, 4) is 11.5 Å².